The lowest BCUT2D eigenvalue weighted by Crippen LogP contribution is -2.10. The molecule has 0 saturated heterocycles. The van der Waals surface area contributed by atoms with Gasteiger partial charge in [-0.2, -0.15) is 0 Å². The molecule has 0 aliphatic heterocycles. The van der Waals surface area contributed by atoms with Crippen LogP contribution in [0.15, 0.2) is 16.6 Å². The van der Waals surface area contributed by atoms with Crippen molar-refractivity contribution in [3.05, 3.63) is 22.2 Å². The number of nitrogens with one attached hydrogen (secondary N) is 1. The Hall–Kier alpha value is -1.23. The SMILES string of the molecule is COc1cc(CNC=O)cc(Br)c1OCC(C)C. The van der Waals surface area contributed by atoms with E-state index in [1.807, 2.05) is 12.1 Å². The first-order chi connectivity index (χ1) is 8.58. The molecule has 0 heterocycles. The van der Waals surface area contributed by atoms with Crippen molar-refractivity contribution in [1.29, 1.82) is 0 Å². The van der Waals surface area contributed by atoms with E-state index < -0.39 is 0 Å². The van der Waals surface area contributed by atoms with Gasteiger partial charge in [0.1, 0.15) is 0 Å². The van der Waals surface area contributed by atoms with Crippen molar-refractivity contribution >= 4 is 22.3 Å². The Balaban J connectivity index is 2.92. The van der Waals surface area contributed by atoms with E-state index in [4.69, 9.17) is 9.47 Å². The molecule has 18 heavy (non-hydrogen) atoms. The van der Waals surface area contributed by atoms with Gasteiger partial charge < -0.3 is 14.8 Å². The van der Waals surface area contributed by atoms with Gasteiger partial charge >= 0.3 is 0 Å². The monoisotopic (exact) mass is 315 g/mol. The Kier molecular flexibility index (Phi) is 5.98. The summed E-state index contributed by atoms with van der Waals surface area (Å²) in [7, 11) is 1.60. The van der Waals surface area contributed by atoms with Crippen LogP contribution in [0.3, 0.4) is 0 Å². The van der Waals surface area contributed by atoms with E-state index in [2.05, 4.69) is 35.1 Å². The maximum Gasteiger partial charge on any atom is 0.207 e. The van der Waals surface area contributed by atoms with Gasteiger partial charge in [-0.1, -0.05) is 13.8 Å². The zero-order valence-corrected chi connectivity index (χ0v) is 12.4. The summed E-state index contributed by atoms with van der Waals surface area (Å²) in [4.78, 5) is 10.3. The first kappa shape index (κ1) is 14.8. The van der Waals surface area contributed by atoms with Crippen LogP contribution in [0, 0.1) is 5.92 Å². The maximum absolute atomic E-state index is 10.3. The molecule has 0 atom stereocenters. The fourth-order valence-corrected chi connectivity index (χ4v) is 2.03. The van der Waals surface area contributed by atoms with Crippen LogP contribution in [-0.2, 0) is 11.3 Å². The van der Waals surface area contributed by atoms with E-state index >= 15 is 0 Å². The van der Waals surface area contributed by atoms with E-state index in [0.29, 0.717) is 37.0 Å². The molecule has 0 radical (unpaired) electrons. The highest BCUT2D eigenvalue weighted by Gasteiger charge is 2.12. The third kappa shape index (κ3) is 4.22. The first-order valence-electron chi connectivity index (χ1n) is 5.74. The summed E-state index contributed by atoms with van der Waals surface area (Å²) in [5.74, 6) is 1.80. The van der Waals surface area contributed by atoms with E-state index in [1.165, 1.54) is 0 Å². The number of hydrogen-bond acceptors (Lipinski definition) is 3. The zero-order valence-electron chi connectivity index (χ0n) is 10.8. The Bertz CT molecular complexity index is 407. The molecule has 0 saturated carbocycles. The van der Waals surface area contributed by atoms with Gasteiger partial charge in [-0.15, -0.1) is 0 Å². The lowest BCUT2D eigenvalue weighted by molar-refractivity contribution is -0.109. The van der Waals surface area contributed by atoms with Crippen molar-refractivity contribution < 1.29 is 14.3 Å². The molecule has 0 bridgehead atoms. The number of ether oxygens (including phenoxy) is 2. The Labute approximate surface area is 116 Å². The predicted molar refractivity (Wildman–Crippen MR) is 73.9 cm³/mol. The molecule has 100 valence electrons. The van der Waals surface area contributed by atoms with Gasteiger partial charge in [0.15, 0.2) is 11.5 Å². The quantitative estimate of drug-likeness (QED) is 0.787. The predicted octanol–water partition coefficient (Wildman–Crippen LogP) is 2.74. The van der Waals surface area contributed by atoms with Crippen molar-refractivity contribution in [2.45, 2.75) is 20.4 Å². The summed E-state index contributed by atoms with van der Waals surface area (Å²) < 4.78 is 11.9. The molecule has 1 rings (SSSR count). The Morgan fingerprint density at radius 1 is 1.44 bits per heavy atom. The van der Waals surface area contributed by atoms with E-state index in [-0.39, 0.29) is 0 Å². The highest BCUT2D eigenvalue weighted by molar-refractivity contribution is 9.10. The van der Waals surface area contributed by atoms with Gasteiger partial charge in [0, 0.05) is 6.54 Å². The average molecular weight is 316 g/mol. The number of amides is 1. The zero-order chi connectivity index (χ0) is 13.5. The third-order valence-electron chi connectivity index (χ3n) is 2.24. The second-order valence-corrected chi connectivity index (χ2v) is 5.17. The van der Waals surface area contributed by atoms with Gasteiger partial charge in [0.05, 0.1) is 18.2 Å². The van der Waals surface area contributed by atoms with Crippen LogP contribution in [0.4, 0.5) is 0 Å². The number of rotatable bonds is 7. The molecule has 1 aromatic carbocycles. The minimum Gasteiger partial charge on any atom is -0.493 e. The average Bonchev–Trinajstić information content (AvgIpc) is 2.34. The maximum atomic E-state index is 10.3. The van der Waals surface area contributed by atoms with Crippen LogP contribution in [0.25, 0.3) is 0 Å². The molecule has 0 aliphatic rings. The molecule has 1 amide bonds. The van der Waals surface area contributed by atoms with Gasteiger partial charge in [-0.3, -0.25) is 4.79 Å². The van der Waals surface area contributed by atoms with E-state index in [0.717, 1.165) is 10.0 Å². The number of carbonyl (C=O) groups is 1. The van der Waals surface area contributed by atoms with Crippen LogP contribution < -0.4 is 14.8 Å². The number of halogens is 1. The standard InChI is InChI=1S/C13H18BrNO3/c1-9(2)7-18-13-11(14)4-10(6-15-8-16)5-12(13)17-3/h4-5,8-9H,6-7H2,1-3H3,(H,15,16). The summed E-state index contributed by atoms with van der Waals surface area (Å²) >= 11 is 3.46. The fourth-order valence-electron chi connectivity index (χ4n) is 1.42. The van der Waals surface area contributed by atoms with Crippen LogP contribution >= 0.6 is 15.9 Å². The van der Waals surface area contributed by atoms with Gasteiger partial charge in [-0.25, -0.2) is 0 Å². The number of carbonyl (C=O) groups excluding carboxylic acids is 1. The highest BCUT2D eigenvalue weighted by Crippen LogP contribution is 2.36. The highest BCUT2D eigenvalue weighted by atomic mass is 79.9. The van der Waals surface area contributed by atoms with Crippen LogP contribution in [-0.4, -0.2) is 20.1 Å². The summed E-state index contributed by atoms with van der Waals surface area (Å²) in [5, 5.41) is 2.62. The minimum absolute atomic E-state index is 0.443. The molecule has 1 aromatic rings. The summed E-state index contributed by atoms with van der Waals surface area (Å²) in [6, 6.07) is 3.77. The second kappa shape index (κ2) is 7.26. The second-order valence-electron chi connectivity index (χ2n) is 4.31. The molecule has 0 aromatic heterocycles. The molecular formula is C13H18BrNO3. The largest absolute Gasteiger partial charge is 0.493 e. The summed E-state index contributed by atoms with van der Waals surface area (Å²) in [6.07, 6.45) is 0.670. The Morgan fingerprint density at radius 3 is 2.72 bits per heavy atom. The topological polar surface area (TPSA) is 47.6 Å². The van der Waals surface area contributed by atoms with Crippen molar-refractivity contribution in [2.75, 3.05) is 13.7 Å². The van der Waals surface area contributed by atoms with Crippen molar-refractivity contribution in [2.24, 2.45) is 5.92 Å². The van der Waals surface area contributed by atoms with Gasteiger partial charge in [-0.05, 0) is 39.5 Å². The molecule has 1 N–H and O–H groups in total. The van der Waals surface area contributed by atoms with Crippen molar-refractivity contribution in [1.82, 2.24) is 5.32 Å². The van der Waals surface area contributed by atoms with Crippen molar-refractivity contribution in [3.8, 4) is 11.5 Å². The molecule has 0 aliphatic carbocycles. The molecule has 0 unspecified atom stereocenters. The Morgan fingerprint density at radius 2 is 2.17 bits per heavy atom. The normalized spacial score (nSPS) is 10.3. The van der Waals surface area contributed by atoms with E-state index in [1.54, 1.807) is 7.11 Å². The first-order valence-corrected chi connectivity index (χ1v) is 6.54. The van der Waals surface area contributed by atoms with Crippen molar-refractivity contribution in [3.63, 3.8) is 0 Å². The molecule has 0 spiro atoms. The molecule has 5 heteroatoms. The van der Waals surface area contributed by atoms with Gasteiger partial charge in [0.2, 0.25) is 6.41 Å². The van der Waals surface area contributed by atoms with Gasteiger partial charge in [0.25, 0.3) is 0 Å². The smallest absolute Gasteiger partial charge is 0.207 e. The number of hydrogen-bond donors (Lipinski definition) is 1. The lowest BCUT2D eigenvalue weighted by Gasteiger charge is -2.15. The minimum atomic E-state index is 0.443. The molecule has 0 fully saturated rings. The van der Waals surface area contributed by atoms with Crippen LogP contribution in [0.1, 0.15) is 19.4 Å². The fraction of sp³-hybridized carbons (Fsp3) is 0.462. The summed E-state index contributed by atoms with van der Waals surface area (Å²) in [6.45, 7) is 5.26. The number of methoxy groups -OCH3 is 1. The van der Waals surface area contributed by atoms with E-state index in [9.17, 15) is 4.79 Å². The molecular weight excluding hydrogens is 298 g/mol. The van der Waals surface area contributed by atoms with Crippen LogP contribution in [0.5, 0.6) is 11.5 Å². The van der Waals surface area contributed by atoms with Crippen LogP contribution in [0.2, 0.25) is 0 Å². The summed E-state index contributed by atoms with van der Waals surface area (Å²) in [5.41, 5.74) is 0.947. The molecule has 4 nitrogen and oxygen atoms in total. The number of benzene rings is 1. The lowest BCUT2D eigenvalue weighted by atomic mass is 10.2. The third-order valence-corrected chi connectivity index (χ3v) is 2.83.